The molecule has 2 rings (SSSR count). The van der Waals surface area contributed by atoms with Gasteiger partial charge in [-0.15, -0.1) is 0 Å². The predicted octanol–water partition coefficient (Wildman–Crippen LogP) is 2.43. The summed E-state index contributed by atoms with van der Waals surface area (Å²) in [6, 6.07) is 0. The summed E-state index contributed by atoms with van der Waals surface area (Å²) < 4.78 is 0. The summed E-state index contributed by atoms with van der Waals surface area (Å²) in [5.41, 5.74) is 0.538. The zero-order valence-corrected chi connectivity index (χ0v) is 14.0. The molecule has 0 amide bonds. The third-order valence-corrected chi connectivity index (χ3v) is 5.31. The highest BCUT2D eigenvalue weighted by Crippen LogP contribution is 2.39. The molecule has 1 aliphatic heterocycles. The van der Waals surface area contributed by atoms with Crippen LogP contribution in [0.3, 0.4) is 0 Å². The van der Waals surface area contributed by atoms with Crippen molar-refractivity contribution in [1.82, 2.24) is 15.1 Å². The van der Waals surface area contributed by atoms with Crippen LogP contribution in [0.15, 0.2) is 0 Å². The summed E-state index contributed by atoms with van der Waals surface area (Å²) in [4.78, 5) is 5.24. The number of hydrogen-bond acceptors (Lipinski definition) is 3. The Morgan fingerprint density at radius 3 is 2.75 bits per heavy atom. The Hall–Kier alpha value is -0.120. The molecule has 2 atom stereocenters. The Morgan fingerprint density at radius 1 is 1.15 bits per heavy atom. The van der Waals surface area contributed by atoms with Crippen molar-refractivity contribution in [2.75, 3.05) is 52.9 Å². The van der Waals surface area contributed by atoms with Gasteiger partial charge >= 0.3 is 0 Å². The van der Waals surface area contributed by atoms with Crippen molar-refractivity contribution in [1.29, 1.82) is 0 Å². The van der Waals surface area contributed by atoms with Crippen LogP contribution in [0.5, 0.6) is 0 Å². The highest BCUT2D eigenvalue weighted by atomic mass is 15.2. The molecule has 1 N–H and O–H groups in total. The molecule has 0 aromatic rings. The second-order valence-electron chi connectivity index (χ2n) is 7.41. The van der Waals surface area contributed by atoms with E-state index in [9.17, 15) is 0 Å². The molecular weight excluding hydrogens is 246 g/mol. The van der Waals surface area contributed by atoms with Crippen LogP contribution in [0.25, 0.3) is 0 Å². The van der Waals surface area contributed by atoms with E-state index in [-0.39, 0.29) is 0 Å². The zero-order valence-electron chi connectivity index (χ0n) is 14.0. The lowest BCUT2D eigenvalue weighted by molar-refractivity contribution is 0.0823. The van der Waals surface area contributed by atoms with Crippen LogP contribution < -0.4 is 5.32 Å². The molecule has 2 aliphatic rings. The van der Waals surface area contributed by atoms with Crippen molar-refractivity contribution < 1.29 is 0 Å². The van der Waals surface area contributed by atoms with Gasteiger partial charge in [0, 0.05) is 26.2 Å². The van der Waals surface area contributed by atoms with Crippen LogP contribution in [-0.2, 0) is 0 Å². The Labute approximate surface area is 126 Å². The lowest BCUT2D eigenvalue weighted by atomic mass is 9.69. The SMILES string of the molecule is CCNCC1(CN2CCCN(C)CC2)CCCC(C)C1. The second-order valence-corrected chi connectivity index (χ2v) is 7.41. The quantitative estimate of drug-likeness (QED) is 0.835. The lowest BCUT2D eigenvalue weighted by Crippen LogP contribution is -2.47. The Morgan fingerprint density at radius 2 is 2.00 bits per heavy atom. The molecule has 0 aromatic carbocycles. The number of likely N-dealkylation sites (N-methyl/N-ethyl adjacent to an activating group) is 1. The first-order valence-corrected chi connectivity index (χ1v) is 8.75. The van der Waals surface area contributed by atoms with Gasteiger partial charge in [-0.1, -0.05) is 26.7 Å². The van der Waals surface area contributed by atoms with Gasteiger partial charge in [0.05, 0.1) is 0 Å². The molecule has 0 spiro atoms. The van der Waals surface area contributed by atoms with Crippen molar-refractivity contribution >= 4 is 0 Å². The number of nitrogens with zero attached hydrogens (tertiary/aromatic N) is 2. The molecule has 1 aliphatic carbocycles. The maximum absolute atomic E-state index is 3.66. The normalized spacial score (nSPS) is 34.0. The van der Waals surface area contributed by atoms with Crippen molar-refractivity contribution in [2.45, 2.75) is 46.0 Å². The molecule has 0 bridgehead atoms. The van der Waals surface area contributed by atoms with Crippen LogP contribution in [0.4, 0.5) is 0 Å². The average molecular weight is 281 g/mol. The highest BCUT2D eigenvalue weighted by Gasteiger charge is 2.36. The third kappa shape index (κ3) is 4.71. The minimum atomic E-state index is 0.538. The zero-order chi connectivity index (χ0) is 14.4. The van der Waals surface area contributed by atoms with Gasteiger partial charge in [0.25, 0.3) is 0 Å². The van der Waals surface area contributed by atoms with Gasteiger partial charge in [-0.05, 0) is 57.3 Å². The topological polar surface area (TPSA) is 18.5 Å². The van der Waals surface area contributed by atoms with Crippen molar-refractivity contribution in [3.8, 4) is 0 Å². The largest absolute Gasteiger partial charge is 0.316 e. The van der Waals surface area contributed by atoms with E-state index in [1.807, 2.05) is 0 Å². The third-order valence-electron chi connectivity index (χ3n) is 5.31. The fraction of sp³-hybridized carbons (Fsp3) is 1.00. The monoisotopic (exact) mass is 281 g/mol. The number of rotatable bonds is 5. The van der Waals surface area contributed by atoms with Crippen molar-refractivity contribution in [3.63, 3.8) is 0 Å². The molecule has 0 radical (unpaired) electrons. The van der Waals surface area contributed by atoms with E-state index in [1.165, 1.54) is 71.4 Å². The Kier molecular flexibility index (Phi) is 6.31. The molecule has 1 saturated heterocycles. The van der Waals surface area contributed by atoms with Gasteiger partial charge in [0.2, 0.25) is 0 Å². The van der Waals surface area contributed by atoms with Gasteiger partial charge < -0.3 is 15.1 Å². The molecule has 3 nitrogen and oxygen atoms in total. The van der Waals surface area contributed by atoms with Gasteiger partial charge in [-0.25, -0.2) is 0 Å². The molecule has 1 saturated carbocycles. The first-order chi connectivity index (χ1) is 9.63. The van der Waals surface area contributed by atoms with Crippen LogP contribution in [0.1, 0.15) is 46.0 Å². The van der Waals surface area contributed by atoms with E-state index in [2.05, 4.69) is 36.0 Å². The Bertz CT molecular complexity index is 281. The van der Waals surface area contributed by atoms with E-state index < -0.39 is 0 Å². The molecular formula is C17H35N3. The van der Waals surface area contributed by atoms with Crippen LogP contribution in [0.2, 0.25) is 0 Å². The van der Waals surface area contributed by atoms with E-state index >= 15 is 0 Å². The van der Waals surface area contributed by atoms with Gasteiger partial charge in [0.15, 0.2) is 0 Å². The summed E-state index contributed by atoms with van der Waals surface area (Å²) >= 11 is 0. The summed E-state index contributed by atoms with van der Waals surface area (Å²) in [5, 5.41) is 3.66. The lowest BCUT2D eigenvalue weighted by Gasteiger charge is -2.43. The van der Waals surface area contributed by atoms with E-state index in [4.69, 9.17) is 0 Å². The summed E-state index contributed by atoms with van der Waals surface area (Å²) in [5.74, 6) is 0.914. The minimum absolute atomic E-state index is 0.538. The van der Waals surface area contributed by atoms with Crippen LogP contribution in [-0.4, -0.2) is 62.7 Å². The second kappa shape index (κ2) is 7.77. The molecule has 118 valence electrons. The summed E-state index contributed by atoms with van der Waals surface area (Å²) in [7, 11) is 2.26. The van der Waals surface area contributed by atoms with E-state index in [0.29, 0.717) is 5.41 Å². The smallest absolute Gasteiger partial charge is 0.0109 e. The van der Waals surface area contributed by atoms with Crippen molar-refractivity contribution in [2.24, 2.45) is 11.3 Å². The Balaban J connectivity index is 1.95. The molecule has 20 heavy (non-hydrogen) atoms. The fourth-order valence-corrected chi connectivity index (χ4v) is 4.25. The molecule has 0 aromatic heterocycles. The summed E-state index contributed by atoms with van der Waals surface area (Å²) in [6.45, 7) is 13.4. The molecule has 1 heterocycles. The van der Waals surface area contributed by atoms with Gasteiger partial charge in [0.1, 0.15) is 0 Å². The predicted molar refractivity (Wildman–Crippen MR) is 87.2 cm³/mol. The van der Waals surface area contributed by atoms with Gasteiger partial charge in [-0.2, -0.15) is 0 Å². The number of hydrogen-bond donors (Lipinski definition) is 1. The molecule has 2 unspecified atom stereocenters. The van der Waals surface area contributed by atoms with Crippen LogP contribution in [0, 0.1) is 11.3 Å². The standard InChI is InChI=1S/C17H35N3/c1-4-18-14-17(8-5-7-16(2)13-17)15-20-10-6-9-19(3)11-12-20/h16,18H,4-15H2,1-3H3. The average Bonchev–Trinajstić information content (AvgIpc) is 2.62. The minimum Gasteiger partial charge on any atom is -0.316 e. The fourth-order valence-electron chi connectivity index (χ4n) is 4.25. The number of nitrogens with one attached hydrogen (secondary N) is 1. The van der Waals surface area contributed by atoms with E-state index in [0.717, 1.165) is 12.5 Å². The molecule has 3 heteroatoms. The first kappa shape index (κ1) is 16.3. The summed E-state index contributed by atoms with van der Waals surface area (Å²) in [6.07, 6.45) is 7.06. The van der Waals surface area contributed by atoms with Crippen LogP contribution >= 0.6 is 0 Å². The maximum atomic E-state index is 3.66. The van der Waals surface area contributed by atoms with Gasteiger partial charge in [-0.3, -0.25) is 0 Å². The van der Waals surface area contributed by atoms with E-state index in [1.54, 1.807) is 0 Å². The maximum Gasteiger partial charge on any atom is 0.0109 e. The highest BCUT2D eigenvalue weighted by molar-refractivity contribution is 4.90. The first-order valence-electron chi connectivity index (χ1n) is 8.75. The molecule has 2 fully saturated rings. The van der Waals surface area contributed by atoms with Crippen molar-refractivity contribution in [3.05, 3.63) is 0 Å².